The Morgan fingerprint density at radius 3 is 2.26 bits per heavy atom. The molecule has 10 nitrogen and oxygen atoms in total. The van der Waals surface area contributed by atoms with Gasteiger partial charge in [0, 0.05) is 57.2 Å². The summed E-state index contributed by atoms with van der Waals surface area (Å²) >= 11 is 3.41. The van der Waals surface area contributed by atoms with Crippen molar-refractivity contribution in [2.45, 2.75) is 43.1 Å². The molecule has 1 aromatic heterocycles. The standard InChI is InChI=1S/C32H35BrN6O4/c1-37-15-23(13-25(18-37)35-27-14-34-38(2)32(43)29(27)33)19-5-9-22(10-6-19)31(42)39-16-24(17-39)20-3-7-21(8-4-20)26-11-12-28(40)36-30(26)41/h3-10,14,23-26,35H,11-13,15-18H2,1-2H3,(H,36,40,41)/t23-,25+,26?/m1/s1. The molecule has 224 valence electrons. The van der Waals surface area contributed by atoms with Gasteiger partial charge in [-0.05, 0) is 70.6 Å². The number of benzene rings is 2. The van der Waals surface area contributed by atoms with Gasteiger partial charge in [-0.2, -0.15) is 5.10 Å². The minimum absolute atomic E-state index is 0.0336. The fourth-order valence-electron chi connectivity index (χ4n) is 6.44. The number of hydrogen-bond acceptors (Lipinski definition) is 7. The summed E-state index contributed by atoms with van der Waals surface area (Å²) in [5, 5.41) is 10.1. The summed E-state index contributed by atoms with van der Waals surface area (Å²) in [7, 11) is 3.72. The Morgan fingerprint density at radius 2 is 1.56 bits per heavy atom. The molecule has 3 amide bonds. The Bertz CT molecular complexity index is 1600. The number of carbonyl (C=O) groups excluding carboxylic acids is 3. The third kappa shape index (κ3) is 6.14. The molecule has 1 unspecified atom stereocenters. The second-order valence-electron chi connectivity index (χ2n) is 12.0. The van der Waals surface area contributed by atoms with Crippen LogP contribution in [0, 0.1) is 0 Å². The number of halogens is 1. The highest BCUT2D eigenvalue weighted by atomic mass is 79.9. The van der Waals surface area contributed by atoms with Gasteiger partial charge in [0.15, 0.2) is 0 Å². The molecule has 2 N–H and O–H groups in total. The summed E-state index contributed by atoms with van der Waals surface area (Å²) in [5.74, 6) is -0.139. The number of likely N-dealkylation sites (tertiary alicyclic amines) is 2. The molecule has 4 heterocycles. The van der Waals surface area contributed by atoms with Gasteiger partial charge in [0.05, 0.1) is 17.8 Å². The molecule has 11 heteroatoms. The van der Waals surface area contributed by atoms with Crippen LogP contribution in [0.3, 0.4) is 0 Å². The zero-order valence-electron chi connectivity index (χ0n) is 24.3. The van der Waals surface area contributed by atoms with Gasteiger partial charge in [-0.1, -0.05) is 36.4 Å². The van der Waals surface area contributed by atoms with Crippen molar-refractivity contribution in [3.05, 3.63) is 91.8 Å². The van der Waals surface area contributed by atoms with Crippen molar-refractivity contribution in [2.24, 2.45) is 7.05 Å². The van der Waals surface area contributed by atoms with Crippen LogP contribution in [0.1, 0.15) is 64.1 Å². The number of carbonyl (C=O) groups is 3. The van der Waals surface area contributed by atoms with Crippen molar-refractivity contribution in [3.63, 3.8) is 0 Å². The predicted molar refractivity (Wildman–Crippen MR) is 166 cm³/mol. The van der Waals surface area contributed by atoms with Gasteiger partial charge in [0.2, 0.25) is 11.8 Å². The maximum absolute atomic E-state index is 13.2. The highest BCUT2D eigenvalue weighted by molar-refractivity contribution is 9.10. The molecule has 0 radical (unpaired) electrons. The van der Waals surface area contributed by atoms with E-state index >= 15 is 0 Å². The quantitative estimate of drug-likeness (QED) is 0.395. The van der Waals surface area contributed by atoms with Crippen LogP contribution in [-0.4, -0.2) is 76.6 Å². The van der Waals surface area contributed by atoms with Crippen molar-refractivity contribution < 1.29 is 14.4 Å². The van der Waals surface area contributed by atoms with E-state index in [0.717, 1.165) is 30.6 Å². The molecule has 3 aromatic rings. The number of nitrogens with one attached hydrogen (secondary N) is 2. The topological polar surface area (TPSA) is 117 Å². The Hall–Kier alpha value is -3.83. The highest BCUT2D eigenvalue weighted by Crippen LogP contribution is 2.33. The van der Waals surface area contributed by atoms with Crippen molar-refractivity contribution in [1.82, 2.24) is 24.9 Å². The maximum atomic E-state index is 13.2. The molecule has 0 aliphatic carbocycles. The smallest absolute Gasteiger partial charge is 0.282 e. The van der Waals surface area contributed by atoms with E-state index < -0.39 is 0 Å². The Kier molecular flexibility index (Phi) is 8.19. The highest BCUT2D eigenvalue weighted by Gasteiger charge is 2.34. The van der Waals surface area contributed by atoms with E-state index in [1.807, 2.05) is 41.3 Å². The minimum Gasteiger partial charge on any atom is -0.379 e. The number of amides is 3. The molecule has 3 fully saturated rings. The molecule has 2 aromatic carbocycles. The molecule has 3 aliphatic rings. The molecule has 0 saturated carbocycles. The largest absolute Gasteiger partial charge is 0.379 e. The lowest BCUT2D eigenvalue weighted by molar-refractivity contribution is -0.134. The maximum Gasteiger partial charge on any atom is 0.282 e. The second kappa shape index (κ2) is 12.0. The number of anilines is 1. The number of nitrogens with zero attached hydrogens (tertiary/aromatic N) is 4. The molecule has 0 spiro atoms. The first-order chi connectivity index (χ1) is 20.7. The molecule has 0 bridgehead atoms. The fourth-order valence-corrected chi connectivity index (χ4v) is 6.92. The molecule has 3 saturated heterocycles. The van der Waals surface area contributed by atoms with Gasteiger partial charge in [-0.25, -0.2) is 4.68 Å². The van der Waals surface area contributed by atoms with E-state index in [1.165, 1.54) is 10.2 Å². The van der Waals surface area contributed by atoms with Crippen LogP contribution >= 0.6 is 15.9 Å². The summed E-state index contributed by atoms with van der Waals surface area (Å²) in [6.45, 7) is 3.08. The van der Waals surface area contributed by atoms with E-state index in [-0.39, 0.29) is 47.1 Å². The number of imide groups is 1. The van der Waals surface area contributed by atoms with Gasteiger partial charge >= 0.3 is 0 Å². The molecule has 3 aliphatic heterocycles. The first-order valence-corrected chi connectivity index (χ1v) is 15.4. The van der Waals surface area contributed by atoms with Gasteiger partial charge in [-0.3, -0.25) is 24.5 Å². The van der Waals surface area contributed by atoms with Gasteiger partial charge in [0.1, 0.15) is 4.47 Å². The molecule has 6 rings (SSSR count). The second-order valence-corrected chi connectivity index (χ2v) is 12.8. The lowest BCUT2D eigenvalue weighted by atomic mass is 9.86. The normalized spacial score (nSPS) is 23.0. The van der Waals surface area contributed by atoms with Crippen LogP contribution in [0.25, 0.3) is 0 Å². The number of hydrogen-bond donors (Lipinski definition) is 2. The SMILES string of the molecule is CN1C[C@@H](Nc2cnn(C)c(=O)c2Br)C[C@@H](c2ccc(C(=O)N3CC(c4ccc(C5CCC(=O)NC5=O)cc4)C3)cc2)C1. The van der Waals surface area contributed by atoms with Crippen LogP contribution in [0.4, 0.5) is 5.69 Å². The summed E-state index contributed by atoms with van der Waals surface area (Å²) in [5.41, 5.74) is 4.46. The predicted octanol–water partition coefficient (Wildman–Crippen LogP) is 3.20. The fraction of sp³-hybridized carbons (Fsp3) is 0.406. The Balaban J connectivity index is 1.04. The van der Waals surface area contributed by atoms with E-state index in [1.54, 1.807) is 13.2 Å². The summed E-state index contributed by atoms with van der Waals surface area (Å²) in [4.78, 5) is 53.3. The van der Waals surface area contributed by atoms with Gasteiger partial charge < -0.3 is 15.1 Å². The molecular weight excluding hydrogens is 612 g/mol. The first-order valence-electron chi connectivity index (χ1n) is 14.7. The molecular formula is C32H35BrN6O4. The van der Waals surface area contributed by atoms with E-state index in [9.17, 15) is 19.2 Å². The van der Waals surface area contributed by atoms with Crippen molar-refractivity contribution >= 4 is 39.3 Å². The number of likely N-dealkylation sites (N-methyl/N-ethyl adjacent to an activating group) is 1. The van der Waals surface area contributed by atoms with Crippen LogP contribution < -0.4 is 16.2 Å². The van der Waals surface area contributed by atoms with E-state index in [0.29, 0.717) is 41.7 Å². The van der Waals surface area contributed by atoms with E-state index in [2.05, 4.69) is 55.7 Å². The number of rotatable bonds is 6. The molecule has 43 heavy (non-hydrogen) atoms. The van der Waals surface area contributed by atoms with Gasteiger partial charge in [0.25, 0.3) is 11.5 Å². The first kappa shape index (κ1) is 29.3. The van der Waals surface area contributed by atoms with Crippen molar-refractivity contribution in [2.75, 3.05) is 38.5 Å². The van der Waals surface area contributed by atoms with Gasteiger partial charge in [-0.15, -0.1) is 0 Å². The lowest BCUT2D eigenvalue weighted by Crippen LogP contribution is -2.48. The monoisotopic (exact) mass is 646 g/mol. The summed E-state index contributed by atoms with van der Waals surface area (Å²) < 4.78 is 1.78. The van der Waals surface area contributed by atoms with Crippen molar-refractivity contribution in [1.29, 1.82) is 0 Å². The average molecular weight is 648 g/mol. The average Bonchev–Trinajstić information content (AvgIpc) is 2.97. The third-order valence-corrected chi connectivity index (χ3v) is 9.68. The summed E-state index contributed by atoms with van der Waals surface area (Å²) in [6.07, 6.45) is 3.47. The Labute approximate surface area is 258 Å². The number of aryl methyl sites for hydroxylation is 1. The third-order valence-electron chi connectivity index (χ3n) is 8.92. The summed E-state index contributed by atoms with van der Waals surface area (Å²) in [6, 6.07) is 16.1. The Morgan fingerprint density at radius 1 is 0.907 bits per heavy atom. The zero-order chi connectivity index (χ0) is 30.2. The van der Waals surface area contributed by atoms with Crippen LogP contribution in [-0.2, 0) is 16.6 Å². The van der Waals surface area contributed by atoms with Crippen LogP contribution in [0.15, 0.2) is 64.0 Å². The van der Waals surface area contributed by atoms with E-state index in [4.69, 9.17) is 0 Å². The number of aromatic nitrogens is 2. The van der Waals surface area contributed by atoms with Crippen molar-refractivity contribution in [3.8, 4) is 0 Å². The molecule has 3 atom stereocenters. The minimum atomic E-state index is -0.288. The number of piperidine rings is 2. The zero-order valence-corrected chi connectivity index (χ0v) is 25.8. The van der Waals surface area contributed by atoms with Crippen LogP contribution in [0.5, 0.6) is 0 Å². The van der Waals surface area contributed by atoms with Crippen LogP contribution in [0.2, 0.25) is 0 Å². The lowest BCUT2D eigenvalue weighted by Gasteiger charge is -2.40.